The van der Waals surface area contributed by atoms with Gasteiger partial charge in [0.15, 0.2) is 0 Å². The zero-order valence-corrected chi connectivity index (χ0v) is 11.6. The summed E-state index contributed by atoms with van der Waals surface area (Å²) in [6.07, 6.45) is -2.68. The largest absolute Gasteiger partial charge is 0.405 e. The summed E-state index contributed by atoms with van der Waals surface area (Å²) in [4.78, 5) is 10.6. The molecular formula is C12H13F3N4S. The van der Waals surface area contributed by atoms with Crippen molar-refractivity contribution >= 4 is 33.3 Å². The van der Waals surface area contributed by atoms with E-state index in [0.29, 0.717) is 22.0 Å². The molecule has 1 N–H and O–H groups in total. The maximum Gasteiger partial charge on any atom is 0.405 e. The van der Waals surface area contributed by atoms with Gasteiger partial charge in [0.25, 0.3) is 0 Å². The van der Waals surface area contributed by atoms with Crippen molar-refractivity contribution in [3.05, 3.63) is 11.4 Å². The fraction of sp³-hybridized carbons (Fsp3) is 0.500. The smallest absolute Gasteiger partial charge is 0.357 e. The second kappa shape index (κ2) is 4.76. The van der Waals surface area contributed by atoms with E-state index in [9.17, 15) is 13.2 Å². The Labute approximate surface area is 117 Å². The van der Waals surface area contributed by atoms with Crippen LogP contribution in [0.15, 0.2) is 11.4 Å². The third-order valence-electron chi connectivity index (χ3n) is 3.14. The molecule has 0 spiro atoms. The molecule has 108 valence electrons. The lowest BCUT2D eigenvalue weighted by Crippen LogP contribution is -2.36. The Balaban J connectivity index is 2.07. The fourth-order valence-electron chi connectivity index (χ4n) is 2.13. The van der Waals surface area contributed by atoms with Crippen LogP contribution >= 0.6 is 11.3 Å². The molecule has 0 aromatic carbocycles. The maximum atomic E-state index is 12.8. The van der Waals surface area contributed by atoms with Gasteiger partial charge in [0, 0.05) is 13.1 Å². The summed E-state index contributed by atoms with van der Waals surface area (Å²) >= 11 is 1.40. The first-order chi connectivity index (χ1) is 9.48. The van der Waals surface area contributed by atoms with Crippen LogP contribution in [0.1, 0.15) is 12.8 Å². The van der Waals surface area contributed by atoms with Crippen LogP contribution in [0.5, 0.6) is 0 Å². The van der Waals surface area contributed by atoms with E-state index in [2.05, 4.69) is 15.3 Å². The second-order valence-electron chi connectivity index (χ2n) is 4.73. The topological polar surface area (TPSA) is 41.1 Å². The Hall–Kier alpha value is -1.57. The molecule has 2 aromatic heterocycles. The van der Waals surface area contributed by atoms with Crippen molar-refractivity contribution in [1.82, 2.24) is 9.97 Å². The number of fused-ring (bicyclic) bond motifs is 1. The predicted molar refractivity (Wildman–Crippen MR) is 73.4 cm³/mol. The molecule has 0 amide bonds. The Morgan fingerprint density at radius 2 is 2.15 bits per heavy atom. The summed E-state index contributed by atoms with van der Waals surface area (Å²) in [6.45, 7) is -0.969. The highest BCUT2D eigenvalue weighted by Crippen LogP contribution is 2.38. The van der Waals surface area contributed by atoms with Crippen LogP contribution in [0, 0.1) is 0 Å². The van der Waals surface area contributed by atoms with Gasteiger partial charge in [-0.2, -0.15) is 18.2 Å². The summed E-state index contributed by atoms with van der Waals surface area (Å²) in [5.41, 5.74) is 0. The predicted octanol–water partition coefficient (Wildman–Crippen LogP) is 3.26. The lowest BCUT2D eigenvalue weighted by molar-refractivity contribution is -0.120. The number of halogens is 3. The molecule has 1 fully saturated rings. The molecule has 3 rings (SSSR count). The van der Waals surface area contributed by atoms with Gasteiger partial charge in [0.05, 0.1) is 5.39 Å². The zero-order chi connectivity index (χ0) is 14.3. The van der Waals surface area contributed by atoms with Gasteiger partial charge in [-0.15, -0.1) is 11.3 Å². The highest BCUT2D eigenvalue weighted by Gasteiger charge is 2.39. The van der Waals surface area contributed by atoms with E-state index in [-0.39, 0.29) is 6.04 Å². The first-order valence-electron chi connectivity index (χ1n) is 6.24. The molecule has 1 aliphatic rings. The van der Waals surface area contributed by atoms with Crippen molar-refractivity contribution < 1.29 is 13.2 Å². The molecule has 20 heavy (non-hydrogen) atoms. The monoisotopic (exact) mass is 302 g/mol. The lowest BCUT2D eigenvalue weighted by atomic mass is 10.3. The van der Waals surface area contributed by atoms with E-state index in [1.807, 2.05) is 5.38 Å². The number of aromatic nitrogens is 2. The van der Waals surface area contributed by atoms with E-state index in [4.69, 9.17) is 0 Å². The minimum atomic E-state index is -4.24. The first-order valence-corrected chi connectivity index (χ1v) is 7.12. The molecule has 0 unspecified atom stereocenters. The minimum Gasteiger partial charge on any atom is -0.357 e. The Morgan fingerprint density at radius 3 is 2.75 bits per heavy atom. The van der Waals surface area contributed by atoms with Gasteiger partial charge in [-0.25, -0.2) is 4.98 Å². The minimum absolute atomic E-state index is 0.0701. The van der Waals surface area contributed by atoms with Crippen LogP contribution in [0.4, 0.5) is 24.9 Å². The summed E-state index contributed by atoms with van der Waals surface area (Å²) in [6, 6.07) is 1.71. The highest BCUT2D eigenvalue weighted by atomic mass is 32.1. The van der Waals surface area contributed by atoms with E-state index < -0.39 is 12.7 Å². The first kappa shape index (κ1) is 13.4. The molecule has 4 nitrogen and oxygen atoms in total. The number of hydrogen-bond acceptors (Lipinski definition) is 5. The van der Waals surface area contributed by atoms with Crippen LogP contribution in [0.25, 0.3) is 10.2 Å². The number of rotatable bonds is 4. The number of anilines is 2. The molecule has 1 saturated carbocycles. The Kier molecular flexibility index (Phi) is 3.19. The average Bonchev–Trinajstić information content (AvgIpc) is 3.11. The molecular weight excluding hydrogens is 289 g/mol. The van der Waals surface area contributed by atoms with Gasteiger partial charge in [-0.3, -0.25) is 0 Å². The fourth-order valence-corrected chi connectivity index (χ4v) is 2.89. The third kappa shape index (κ3) is 2.65. The van der Waals surface area contributed by atoms with E-state index >= 15 is 0 Å². The van der Waals surface area contributed by atoms with Crippen LogP contribution < -0.4 is 10.2 Å². The van der Waals surface area contributed by atoms with Crippen LogP contribution in [-0.2, 0) is 0 Å². The second-order valence-corrected chi connectivity index (χ2v) is 5.63. The van der Waals surface area contributed by atoms with Crippen LogP contribution in [0.3, 0.4) is 0 Å². The van der Waals surface area contributed by atoms with Crippen molar-refractivity contribution in [3.63, 3.8) is 0 Å². The molecule has 0 radical (unpaired) electrons. The van der Waals surface area contributed by atoms with Gasteiger partial charge < -0.3 is 10.2 Å². The van der Waals surface area contributed by atoms with Gasteiger partial charge in [-0.1, -0.05) is 0 Å². The van der Waals surface area contributed by atoms with Gasteiger partial charge >= 0.3 is 6.18 Å². The van der Waals surface area contributed by atoms with Crippen molar-refractivity contribution in [2.24, 2.45) is 0 Å². The van der Waals surface area contributed by atoms with Gasteiger partial charge in [0.1, 0.15) is 17.2 Å². The van der Waals surface area contributed by atoms with E-state index in [1.54, 1.807) is 13.1 Å². The van der Waals surface area contributed by atoms with E-state index in [0.717, 1.165) is 12.8 Å². The van der Waals surface area contributed by atoms with E-state index in [1.165, 1.54) is 16.2 Å². The van der Waals surface area contributed by atoms with Crippen LogP contribution in [-0.4, -0.2) is 35.8 Å². The normalized spacial score (nSPS) is 15.6. The van der Waals surface area contributed by atoms with Gasteiger partial charge in [-0.05, 0) is 24.3 Å². The maximum absolute atomic E-state index is 12.8. The summed E-state index contributed by atoms with van der Waals surface area (Å²) < 4.78 is 38.4. The number of hydrogen-bond donors (Lipinski definition) is 1. The Morgan fingerprint density at radius 1 is 1.40 bits per heavy atom. The summed E-state index contributed by atoms with van der Waals surface area (Å²) in [5.74, 6) is 0.725. The summed E-state index contributed by atoms with van der Waals surface area (Å²) in [7, 11) is 1.66. The average molecular weight is 302 g/mol. The van der Waals surface area contributed by atoms with Crippen LogP contribution in [0.2, 0.25) is 0 Å². The number of thiophene rings is 1. The molecule has 0 aliphatic heterocycles. The standard InChI is InChI=1S/C12H13F3N4S/c1-16-11-17-9(8-4-5-20-10(8)18-11)19(7-2-3-7)6-12(13,14)15/h4-5,7H,2-3,6H2,1H3,(H,16,17,18). The third-order valence-corrected chi connectivity index (χ3v) is 3.94. The zero-order valence-electron chi connectivity index (χ0n) is 10.7. The molecule has 1 aliphatic carbocycles. The summed E-state index contributed by atoms with van der Waals surface area (Å²) in [5, 5.41) is 5.31. The molecule has 2 heterocycles. The number of nitrogens with zero attached hydrogens (tertiary/aromatic N) is 3. The highest BCUT2D eigenvalue weighted by molar-refractivity contribution is 7.16. The lowest BCUT2D eigenvalue weighted by Gasteiger charge is -2.25. The Bertz CT molecular complexity index is 621. The molecule has 2 aromatic rings. The molecule has 0 saturated heterocycles. The van der Waals surface area contributed by atoms with Crippen molar-refractivity contribution in [2.75, 3.05) is 23.8 Å². The molecule has 0 bridgehead atoms. The molecule has 8 heteroatoms. The van der Waals surface area contributed by atoms with Crippen molar-refractivity contribution in [3.8, 4) is 0 Å². The van der Waals surface area contributed by atoms with Crippen molar-refractivity contribution in [1.29, 1.82) is 0 Å². The number of alkyl halides is 3. The molecule has 0 atom stereocenters. The number of nitrogens with one attached hydrogen (secondary N) is 1. The quantitative estimate of drug-likeness (QED) is 0.941. The van der Waals surface area contributed by atoms with Crippen molar-refractivity contribution in [2.45, 2.75) is 25.1 Å². The SMILES string of the molecule is CNc1nc(N(CC(F)(F)F)C2CC2)c2ccsc2n1. The van der Waals surface area contributed by atoms with Gasteiger partial charge in [0.2, 0.25) is 5.95 Å².